The van der Waals surface area contributed by atoms with Gasteiger partial charge >= 0.3 is 180 Å². The first-order chi connectivity index (χ1) is 12.2. The normalized spacial score (nSPS) is 27.6. The molecule has 0 N–H and O–H groups in total. The molecule has 0 aliphatic heterocycles. The van der Waals surface area contributed by atoms with Crippen molar-refractivity contribution in [3.63, 3.8) is 0 Å². The van der Waals surface area contributed by atoms with Crippen molar-refractivity contribution in [1.29, 1.82) is 0 Å². The first-order valence-corrected chi connectivity index (χ1v) is 24.5. The molecule has 0 spiro atoms. The number of rotatable bonds is 4. The Morgan fingerprint density at radius 2 is 1.43 bits per heavy atom. The molecule has 2 aliphatic carbocycles. The van der Waals surface area contributed by atoms with Crippen molar-refractivity contribution in [3.8, 4) is 0 Å². The van der Waals surface area contributed by atoms with Gasteiger partial charge in [-0.3, -0.25) is 0 Å². The van der Waals surface area contributed by atoms with Crippen LogP contribution in [0, 0.1) is 5.92 Å². The third-order valence-electron chi connectivity index (χ3n) is 8.49. The molecule has 0 saturated heterocycles. The molecule has 0 radical (unpaired) electrons. The number of hydrogen-bond donors (Lipinski definition) is 0. The van der Waals surface area contributed by atoms with E-state index in [1.165, 1.54) is 16.4 Å². The van der Waals surface area contributed by atoms with Gasteiger partial charge in [0.15, 0.2) is 0 Å². The maximum atomic E-state index is 13.1. The fraction of sp³-hybridized carbons (Fsp3) is 0.870. The van der Waals surface area contributed by atoms with E-state index in [9.17, 15) is 4.79 Å². The van der Waals surface area contributed by atoms with Crippen LogP contribution < -0.4 is 0 Å². The molecule has 0 aromatic rings. The van der Waals surface area contributed by atoms with Crippen molar-refractivity contribution in [2.24, 2.45) is 5.92 Å². The number of allylic oxidation sites excluding steroid dienone is 1. The molecule has 5 heteroatoms. The van der Waals surface area contributed by atoms with Gasteiger partial charge in [0.2, 0.25) is 0 Å². The predicted molar refractivity (Wildman–Crippen MR) is 131 cm³/mol. The molecule has 0 amide bonds. The van der Waals surface area contributed by atoms with Crippen LogP contribution in [-0.4, -0.2) is 41.5 Å². The van der Waals surface area contributed by atoms with Crippen LogP contribution in [0.1, 0.15) is 54.4 Å². The second kappa shape index (κ2) is 7.20. The predicted octanol–water partition coefficient (Wildman–Crippen LogP) is 7.42. The summed E-state index contributed by atoms with van der Waals surface area (Å²) < 4.78 is 8.53. The van der Waals surface area contributed by atoms with Gasteiger partial charge in [-0.2, -0.15) is 0 Å². The van der Waals surface area contributed by atoms with Gasteiger partial charge in [0, 0.05) is 0 Å². The Bertz CT molecular complexity index is 672. The van der Waals surface area contributed by atoms with Crippen molar-refractivity contribution >= 4 is 35.4 Å². The quantitative estimate of drug-likeness (QED) is 0.389. The summed E-state index contributed by atoms with van der Waals surface area (Å²) in [5.41, 5.74) is 2.10. The van der Waals surface area contributed by atoms with E-state index in [0.717, 1.165) is 6.42 Å². The summed E-state index contributed by atoms with van der Waals surface area (Å²) in [4.78, 5) is 13.1. The van der Waals surface area contributed by atoms with Crippen LogP contribution in [0.5, 0.6) is 0 Å². The van der Waals surface area contributed by atoms with Gasteiger partial charge in [0.1, 0.15) is 0 Å². The molecule has 0 aromatic carbocycles. The number of hydrogen-bond acceptors (Lipinski definition) is 2. The molecular formula is C23H46GeO2Si2. The Morgan fingerprint density at radius 1 is 0.929 bits per heavy atom. The van der Waals surface area contributed by atoms with Crippen LogP contribution in [0.3, 0.4) is 0 Å². The Hall–Kier alpha value is 0.347. The Morgan fingerprint density at radius 3 is 1.82 bits per heavy atom. The summed E-state index contributed by atoms with van der Waals surface area (Å²) in [6.07, 6.45) is 2.13. The average Bonchev–Trinajstić information content (AvgIpc) is 2.91. The number of carbonyl (C=O) groups excluding carboxylic acids is 1. The summed E-state index contributed by atoms with van der Waals surface area (Å²) in [5.74, 6) is 8.11. The van der Waals surface area contributed by atoms with Crippen LogP contribution >= 0.6 is 0 Å². The number of carbonyl (C=O) groups is 1. The number of ketones is 1. The minimum absolute atomic E-state index is 0.190. The van der Waals surface area contributed by atoms with Gasteiger partial charge < -0.3 is 0 Å². The molecule has 0 bridgehead atoms. The van der Waals surface area contributed by atoms with Crippen LogP contribution in [0.15, 0.2) is 9.98 Å². The topological polar surface area (TPSA) is 26.3 Å². The van der Waals surface area contributed by atoms with E-state index in [0.29, 0.717) is 22.3 Å². The first kappa shape index (κ1) is 24.6. The summed E-state index contributed by atoms with van der Waals surface area (Å²) in [7, 11) is -3.52. The van der Waals surface area contributed by atoms with Gasteiger partial charge in [-0.05, 0) is 0 Å². The fourth-order valence-electron chi connectivity index (χ4n) is 4.75. The monoisotopic (exact) mass is 484 g/mol. The van der Waals surface area contributed by atoms with Gasteiger partial charge in [0.05, 0.1) is 0 Å². The van der Waals surface area contributed by atoms with Crippen LogP contribution in [0.2, 0.25) is 59.1 Å². The van der Waals surface area contributed by atoms with E-state index in [4.69, 9.17) is 4.43 Å². The van der Waals surface area contributed by atoms with Crippen molar-refractivity contribution in [1.82, 2.24) is 0 Å². The van der Waals surface area contributed by atoms with Crippen LogP contribution in [0.25, 0.3) is 0 Å². The third kappa shape index (κ3) is 4.22. The standard InChI is InChI=1S/C23H46GeO2Si2/c1-22(2,3)27(10,11)18-15-16-14-17(25)20(24(7,8)9)19(16)21(18)26-28(12,13)23(4,5)6/h16,18,21H,14-15H2,1-13H3. The van der Waals surface area contributed by atoms with Gasteiger partial charge in [-0.25, -0.2) is 0 Å². The molecule has 3 atom stereocenters. The second-order valence-electron chi connectivity index (χ2n) is 13.5. The average molecular weight is 483 g/mol. The van der Waals surface area contributed by atoms with E-state index in [1.54, 1.807) is 0 Å². The van der Waals surface area contributed by atoms with Crippen molar-refractivity contribution in [2.75, 3.05) is 0 Å². The number of Topliss-reactive ketones (excluding diaryl/α,β-unsaturated/α-hetero) is 1. The Kier molecular flexibility index (Phi) is 6.33. The maximum absolute atomic E-state index is 13.1. The summed E-state index contributed by atoms with van der Waals surface area (Å²) in [5, 5.41) is 0.523. The van der Waals surface area contributed by atoms with E-state index in [1.807, 2.05) is 0 Å². The molecule has 1 saturated carbocycles. The molecule has 3 unspecified atom stereocenters. The van der Waals surface area contributed by atoms with Gasteiger partial charge in [-0.15, -0.1) is 0 Å². The zero-order valence-corrected chi connectivity index (χ0v) is 25.1. The zero-order valence-electron chi connectivity index (χ0n) is 21.0. The molecule has 2 rings (SSSR count). The van der Waals surface area contributed by atoms with E-state index < -0.39 is 29.7 Å². The van der Waals surface area contributed by atoms with Crippen molar-refractivity contribution < 1.29 is 9.22 Å². The van der Waals surface area contributed by atoms with Gasteiger partial charge in [-0.1, -0.05) is 0 Å². The molecule has 0 aromatic heterocycles. The second-order valence-corrected chi connectivity index (χ2v) is 34.4. The first-order valence-electron chi connectivity index (χ1n) is 11.2. The Balaban J connectivity index is 2.65. The van der Waals surface area contributed by atoms with E-state index >= 15 is 0 Å². The molecule has 28 heavy (non-hydrogen) atoms. The molecule has 2 nitrogen and oxygen atoms in total. The third-order valence-corrected chi connectivity index (χ3v) is 23.5. The van der Waals surface area contributed by atoms with E-state index in [-0.39, 0.29) is 11.1 Å². The summed E-state index contributed by atoms with van der Waals surface area (Å²) in [6.45, 7) is 24.2. The molecule has 1 fully saturated rings. The molecule has 162 valence electrons. The number of fused-ring (bicyclic) bond motifs is 1. The van der Waals surface area contributed by atoms with Crippen molar-refractivity contribution in [3.05, 3.63) is 9.98 Å². The zero-order chi connectivity index (χ0) is 22.1. The summed E-state index contributed by atoms with van der Waals surface area (Å²) in [6, 6.07) is 0. The minimum atomic E-state index is -2.25. The van der Waals surface area contributed by atoms with Crippen LogP contribution in [0.4, 0.5) is 0 Å². The van der Waals surface area contributed by atoms with Gasteiger partial charge in [0.25, 0.3) is 0 Å². The fourth-order valence-corrected chi connectivity index (χ4v) is 13.7. The molecular weight excluding hydrogens is 437 g/mol. The van der Waals surface area contributed by atoms with Crippen LogP contribution in [-0.2, 0) is 9.22 Å². The SMILES string of the molecule is CC(C)(C)[Si](C)(C)OC1C2=[C]([Ge]([CH3])([CH3])[CH3])C(=O)CC2CC1[Si](C)(C)C(C)(C)C. The molecule has 0 heterocycles. The van der Waals surface area contributed by atoms with E-state index in [2.05, 4.69) is 85.0 Å². The molecule has 2 aliphatic rings. The van der Waals surface area contributed by atoms with Crippen molar-refractivity contribution in [2.45, 2.75) is 120 Å². The Labute approximate surface area is 179 Å². The summed E-state index contributed by atoms with van der Waals surface area (Å²) >= 11 is -2.25.